The van der Waals surface area contributed by atoms with Gasteiger partial charge in [0.1, 0.15) is 5.82 Å². The van der Waals surface area contributed by atoms with E-state index in [-0.39, 0.29) is 11.9 Å². The van der Waals surface area contributed by atoms with E-state index in [1.54, 1.807) is 0 Å². The number of hydrogen-bond acceptors (Lipinski definition) is 2. The molecule has 100 valence electrons. The molecule has 1 fully saturated rings. The maximum absolute atomic E-state index is 12.8. The van der Waals surface area contributed by atoms with Crippen molar-refractivity contribution in [1.29, 1.82) is 0 Å². The number of aromatic nitrogens is 1. The van der Waals surface area contributed by atoms with Crippen LogP contribution in [-0.4, -0.2) is 11.0 Å². The molecular weight excluding hydrogens is 241 g/mol. The lowest BCUT2D eigenvalue weighted by Crippen LogP contribution is -2.22. The standard InChI is InChI=1S/C13H17F3N2/c14-13(15,16)11-8-5-9-17-12(11)18-10-6-3-1-2-4-7-10/h5,8-10H,1-4,6-7H2,(H,17,18). The van der Waals surface area contributed by atoms with Gasteiger partial charge < -0.3 is 5.32 Å². The Hall–Kier alpha value is -1.26. The largest absolute Gasteiger partial charge is 0.419 e. The number of rotatable bonds is 2. The Labute approximate surface area is 105 Å². The zero-order valence-electron chi connectivity index (χ0n) is 10.1. The summed E-state index contributed by atoms with van der Waals surface area (Å²) in [5, 5.41) is 2.96. The van der Waals surface area contributed by atoms with Gasteiger partial charge in [-0.15, -0.1) is 0 Å². The highest BCUT2D eigenvalue weighted by Gasteiger charge is 2.34. The van der Waals surface area contributed by atoms with Crippen LogP contribution in [-0.2, 0) is 6.18 Å². The second-order valence-electron chi connectivity index (χ2n) is 4.73. The third-order valence-electron chi connectivity index (χ3n) is 3.31. The first-order chi connectivity index (χ1) is 8.57. The molecule has 0 bridgehead atoms. The number of alkyl halides is 3. The second kappa shape index (κ2) is 5.59. The molecule has 2 nitrogen and oxygen atoms in total. The van der Waals surface area contributed by atoms with Crippen molar-refractivity contribution in [1.82, 2.24) is 4.98 Å². The highest BCUT2D eigenvalue weighted by molar-refractivity contribution is 5.46. The molecule has 1 aliphatic rings. The van der Waals surface area contributed by atoms with Crippen LogP contribution >= 0.6 is 0 Å². The molecule has 0 atom stereocenters. The molecular formula is C13H17F3N2. The molecule has 1 aromatic heterocycles. The molecule has 0 aliphatic heterocycles. The highest BCUT2D eigenvalue weighted by atomic mass is 19.4. The van der Waals surface area contributed by atoms with Crippen LogP contribution in [0.1, 0.15) is 44.1 Å². The van der Waals surface area contributed by atoms with Crippen LogP contribution in [0.5, 0.6) is 0 Å². The number of halogens is 3. The Balaban J connectivity index is 2.13. The molecule has 1 N–H and O–H groups in total. The Morgan fingerprint density at radius 3 is 2.39 bits per heavy atom. The summed E-state index contributed by atoms with van der Waals surface area (Å²) >= 11 is 0. The normalized spacial score (nSPS) is 18.4. The van der Waals surface area contributed by atoms with Crippen LogP contribution in [0.15, 0.2) is 18.3 Å². The van der Waals surface area contributed by atoms with E-state index in [2.05, 4.69) is 10.3 Å². The summed E-state index contributed by atoms with van der Waals surface area (Å²) in [7, 11) is 0. The van der Waals surface area contributed by atoms with Crippen molar-refractivity contribution in [3.63, 3.8) is 0 Å². The minimum atomic E-state index is -4.35. The lowest BCUT2D eigenvalue weighted by Gasteiger charge is -2.19. The van der Waals surface area contributed by atoms with Gasteiger partial charge in [0.2, 0.25) is 0 Å². The van der Waals surface area contributed by atoms with Gasteiger partial charge in [0.15, 0.2) is 0 Å². The van der Waals surface area contributed by atoms with Gasteiger partial charge >= 0.3 is 6.18 Å². The first-order valence-electron chi connectivity index (χ1n) is 6.36. The summed E-state index contributed by atoms with van der Waals surface area (Å²) in [6.45, 7) is 0. The van der Waals surface area contributed by atoms with Crippen LogP contribution < -0.4 is 5.32 Å². The van der Waals surface area contributed by atoms with Gasteiger partial charge in [0, 0.05) is 12.2 Å². The lowest BCUT2D eigenvalue weighted by molar-refractivity contribution is -0.137. The fourth-order valence-electron chi connectivity index (χ4n) is 2.37. The van der Waals surface area contributed by atoms with Crippen molar-refractivity contribution >= 4 is 5.82 Å². The van der Waals surface area contributed by atoms with Crippen molar-refractivity contribution in [3.8, 4) is 0 Å². The zero-order valence-corrected chi connectivity index (χ0v) is 10.1. The smallest absolute Gasteiger partial charge is 0.367 e. The number of pyridine rings is 1. The average molecular weight is 258 g/mol. The quantitative estimate of drug-likeness (QED) is 0.803. The molecule has 0 unspecified atom stereocenters. The summed E-state index contributed by atoms with van der Waals surface area (Å²) in [5.41, 5.74) is -0.672. The van der Waals surface area contributed by atoms with Gasteiger partial charge in [-0.25, -0.2) is 4.98 Å². The van der Waals surface area contributed by atoms with Gasteiger partial charge in [0.25, 0.3) is 0 Å². The molecule has 0 amide bonds. The van der Waals surface area contributed by atoms with Crippen molar-refractivity contribution in [2.45, 2.75) is 50.7 Å². The SMILES string of the molecule is FC(F)(F)c1cccnc1NC1CCCCCC1. The van der Waals surface area contributed by atoms with Gasteiger partial charge in [-0.2, -0.15) is 13.2 Å². The zero-order chi connectivity index (χ0) is 13.0. The first-order valence-corrected chi connectivity index (χ1v) is 6.36. The van der Waals surface area contributed by atoms with Gasteiger partial charge in [0.05, 0.1) is 5.56 Å². The van der Waals surface area contributed by atoms with Crippen LogP contribution in [0.4, 0.5) is 19.0 Å². The van der Waals surface area contributed by atoms with E-state index in [0.717, 1.165) is 31.7 Å². The Kier molecular flexibility index (Phi) is 4.09. The van der Waals surface area contributed by atoms with Crippen molar-refractivity contribution < 1.29 is 13.2 Å². The Morgan fingerprint density at radius 1 is 1.11 bits per heavy atom. The number of nitrogens with zero attached hydrogens (tertiary/aromatic N) is 1. The fraction of sp³-hybridized carbons (Fsp3) is 0.615. The van der Waals surface area contributed by atoms with E-state index in [9.17, 15) is 13.2 Å². The van der Waals surface area contributed by atoms with Gasteiger partial charge in [-0.05, 0) is 25.0 Å². The molecule has 0 saturated heterocycles. The van der Waals surface area contributed by atoms with E-state index in [4.69, 9.17) is 0 Å². The Morgan fingerprint density at radius 2 is 1.78 bits per heavy atom. The fourth-order valence-corrected chi connectivity index (χ4v) is 2.37. The van der Waals surface area contributed by atoms with Gasteiger partial charge in [-0.1, -0.05) is 25.7 Å². The summed E-state index contributed by atoms with van der Waals surface area (Å²) in [6.07, 6.45) is 3.40. The molecule has 1 saturated carbocycles. The average Bonchev–Trinajstić information content (AvgIpc) is 2.57. The first kappa shape index (κ1) is 13.2. The van der Waals surface area contributed by atoms with Crippen molar-refractivity contribution in [2.75, 3.05) is 5.32 Å². The molecule has 1 aliphatic carbocycles. The maximum Gasteiger partial charge on any atom is 0.419 e. The van der Waals surface area contributed by atoms with Crippen LogP contribution in [0.25, 0.3) is 0 Å². The summed E-state index contributed by atoms with van der Waals surface area (Å²) < 4.78 is 38.4. The van der Waals surface area contributed by atoms with Crippen LogP contribution in [0.3, 0.4) is 0 Å². The monoisotopic (exact) mass is 258 g/mol. The van der Waals surface area contributed by atoms with Crippen molar-refractivity contribution in [2.24, 2.45) is 0 Å². The minimum Gasteiger partial charge on any atom is -0.367 e. The molecule has 5 heteroatoms. The summed E-state index contributed by atoms with van der Waals surface area (Å²) in [6, 6.07) is 2.51. The number of nitrogens with one attached hydrogen (secondary N) is 1. The second-order valence-corrected chi connectivity index (χ2v) is 4.73. The topological polar surface area (TPSA) is 24.9 Å². The van der Waals surface area contributed by atoms with E-state index < -0.39 is 11.7 Å². The van der Waals surface area contributed by atoms with Crippen LogP contribution in [0, 0.1) is 0 Å². The summed E-state index contributed by atoms with van der Waals surface area (Å²) in [5.74, 6) is -0.0306. The predicted octanol–water partition coefficient (Wildman–Crippen LogP) is 4.24. The molecule has 1 aromatic rings. The van der Waals surface area contributed by atoms with Crippen LogP contribution in [0.2, 0.25) is 0 Å². The minimum absolute atomic E-state index is 0.0306. The Bertz CT molecular complexity index is 382. The predicted molar refractivity (Wildman–Crippen MR) is 64.4 cm³/mol. The highest BCUT2D eigenvalue weighted by Crippen LogP contribution is 2.34. The lowest BCUT2D eigenvalue weighted by atomic mass is 10.1. The molecule has 2 rings (SSSR count). The third-order valence-corrected chi connectivity index (χ3v) is 3.31. The third kappa shape index (κ3) is 3.37. The van der Waals surface area contributed by atoms with E-state index in [1.807, 2.05) is 0 Å². The van der Waals surface area contributed by atoms with E-state index in [0.29, 0.717) is 0 Å². The van der Waals surface area contributed by atoms with Gasteiger partial charge in [-0.3, -0.25) is 0 Å². The number of hydrogen-bond donors (Lipinski definition) is 1. The summed E-state index contributed by atoms with van der Waals surface area (Å²) in [4.78, 5) is 3.84. The van der Waals surface area contributed by atoms with Crippen molar-refractivity contribution in [3.05, 3.63) is 23.9 Å². The number of anilines is 1. The molecule has 18 heavy (non-hydrogen) atoms. The molecule has 1 heterocycles. The van der Waals surface area contributed by atoms with E-state index in [1.165, 1.54) is 25.1 Å². The molecule has 0 radical (unpaired) electrons. The maximum atomic E-state index is 12.8. The van der Waals surface area contributed by atoms with E-state index >= 15 is 0 Å². The molecule has 0 aromatic carbocycles. The molecule has 0 spiro atoms.